The van der Waals surface area contributed by atoms with Crippen LogP contribution in [0, 0.1) is 18.8 Å². The summed E-state index contributed by atoms with van der Waals surface area (Å²) in [4.78, 5) is 17.3. The van der Waals surface area contributed by atoms with E-state index in [2.05, 4.69) is 30.9 Å². The van der Waals surface area contributed by atoms with E-state index in [1.54, 1.807) is 0 Å². The van der Waals surface area contributed by atoms with Gasteiger partial charge in [-0.25, -0.2) is 4.79 Å². The number of likely N-dealkylation sites (tertiary alicyclic amines) is 1. The Morgan fingerprint density at radius 1 is 1.17 bits per heavy atom. The Labute approximate surface area is 139 Å². The Morgan fingerprint density at radius 2 is 1.87 bits per heavy atom. The molecule has 1 aromatic rings. The topological polar surface area (TPSA) is 32.8 Å². The maximum absolute atomic E-state index is 12.6. The molecule has 1 aliphatic carbocycles. The fraction of sp³-hybridized carbons (Fsp3) is 0.632. The first kappa shape index (κ1) is 16.5. The maximum atomic E-state index is 12.6. The molecule has 0 N–H and O–H groups in total. The molecule has 0 amide bonds. The van der Waals surface area contributed by atoms with Crippen molar-refractivity contribution in [3.05, 3.63) is 35.4 Å². The van der Waals surface area contributed by atoms with Gasteiger partial charge in [0, 0.05) is 31.0 Å². The van der Waals surface area contributed by atoms with Gasteiger partial charge in [0.2, 0.25) is 0 Å². The molecule has 2 fully saturated rings. The molecule has 23 heavy (non-hydrogen) atoms. The van der Waals surface area contributed by atoms with Crippen LogP contribution in [-0.4, -0.2) is 62.1 Å². The van der Waals surface area contributed by atoms with Crippen LogP contribution in [0.1, 0.15) is 28.8 Å². The maximum Gasteiger partial charge on any atom is 0.338 e. The second-order valence-corrected chi connectivity index (χ2v) is 7.49. The van der Waals surface area contributed by atoms with Gasteiger partial charge >= 0.3 is 5.97 Å². The standard InChI is InChI=1S/C19H28N2O2/c1-13-5-7-14(8-6-13)19(22)23-18-15-9-10-17(20(2)3)16(18)12-21(4)11-15/h5-8,15-18H,9-12H2,1-4H3/t15?,16?,17-,18-/m1/s1. The molecule has 1 aromatic carbocycles. The van der Waals surface area contributed by atoms with Crippen molar-refractivity contribution in [3.63, 3.8) is 0 Å². The van der Waals surface area contributed by atoms with E-state index in [1.165, 1.54) is 6.42 Å². The number of benzene rings is 1. The van der Waals surface area contributed by atoms with Crippen LogP contribution in [0.5, 0.6) is 0 Å². The van der Waals surface area contributed by atoms with Crippen molar-refractivity contribution < 1.29 is 9.53 Å². The number of hydrogen-bond donors (Lipinski definition) is 0. The second kappa shape index (κ2) is 6.62. The molecule has 2 unspecified atom stereocenters. The molecule has 4 heteroatoms. The van der Waals surface area contributed by atoms with Gasteiger partial charge in [0.15, 0.2) is 0 Å². The van der Waals surface area contributed by atoms with Crippen LogP contribution in [0.3, 0.4) is 0 Å². The largest absolute Gasteiger partial charge is 0.458 e. The molecule has 1 heterocycles. The van der Waals surface area contributed by atoms with Crippen LogP contribution >= 0.6 is 0 Å². The summed E-state index contributed by atoms with van der Waals surface area (Å²) in [6, 6.07) is 8.16. The van der Waals surface area contributed by atoms with Crippen LogP contribution in [0.25, 0.3) is 0 Å². The lowest BCUT2D eigenvalue weighted by Gasteiger charge is -2.50. The number of rotatable bonds is 3. The first-order valence-electron chi connectivity index (χ1n) is 8.58. The van der Waals surface area contributed by atoms with E-state index in [0.29, 0.717) is 23.4 Å². The summed E-state index contributed by atoms with van der Waals surface area (Å²) in [6.07, 6.45) is 2.38. The van der Waals surface area contributed by atoms with E-state index in [9.17, 15) is 4.79 Å². The molecule has 2 aliphatic rings. The summed E-state index contributed by atoms with van der Waals surface area (Å²) < 4.78 is 6.02. The number of nitrogens with zero attached hydrogens (tertiary/aromatic N) is 2. The monoisotopic (exact) mass is 316 g/mol. The summed E-state index contributed by atoms with van der Waals surface area (Å²) in [6.45, 7) is 4.06. The van der Waals surface area contributed by atoms with Gasteiger partial charge < -0.3 is 14.5 Å². The van der Waals surface area contributed by atoms with Gasteiger partial charge in [-0.15, -0.1) is 0 Å². The highest BCUT2D eigenvalue weighted by atomic mass is 16.5. The molecule has 4 atom stereocenters. The number of carbonyl (C=O) groups excluding carboxylic acids is 1. The second-order valence-electron chi connectivity index (χ2n) is 7.49. The summed E-state index contributed by atoms with van der Waals surface area (Å²) in [5, 5.41) is 0. The number of aryl methyl sites for hydroxylation is 1. The number of hydrogen-bond acceptors (Lipinski definition) is 4. The summed E-state index contributed by atoms with van der Waals surface area (Å²) >= 11 is 0. The number of piperidine rings is 1. The highest BCUT2D eigenvalue weighted by Gasteiger charge is 2.46. The summed E-state index contributed by atoms with van der Waals surface area (Å²) in [5.74, 6) is 0.690. The van der Waals surface area contributed by atoms with Gasteiger partial charge in [-0.05, 0) is 53.0 Å². The molecule has 0 radical (unpaired) electrons. The van der Waals surface area contributed by atoms with Crippen molar-refractivity contribution in [1.29, 1.82) is 0 Å². The highest BCUT2D eigenvalue weighted by Crippen LogP contribution is 2.38. The average Bonchev–Trinajstić information content (AvgIpc) is 2.48. The molecular formula is C19H28N2O2. The normalized spacial score (nSPS) is 31.2. The third kappa shape index (κ3) is 3.43. The summed E-state index contributed by atoms with van der Waals surface area (Å²) in [5.41, 5.74) is 1.82. The van der Waals surface area contributed by atoms with Gasteiger partial charge in [0.05, 0.1) is 5.56 Å². The van der Waals surface area contributed by atoms with Crippen LogP contribution in [0.4, 0.5) is 0 Å². The number of esters is 1. The van der Waals surface area contributed by atoms with E-state index in [1.807, 2.05) is 31.2 Å². The molecular weight excluding hydrogens is 288 g/mol. The van der Waals surface area contributed by atoms with E-state index < -0.39 is 0 Å². The lowest BCUT2D eigenvalue weighted by molar-refractivity contribution is -0.0873. The highest BCUT2D eigenvalue weighted by molar-refractivity contribution is 5.89. The smallest absolute Gasteiger partial charge is 0.338 e. The quantitative estimate of drug-likeness (QED) is 0.802. The molecule has 126 valence electrons. The Bertz CT molecular complexity index is 555. The zero-order valence-corrected chi connectivity index (χ0v) is 14.7. The molecule has 2 bridgehead atoms. The third-order valence-electron chi connectivity index (χ3n) is 5.48. The lowest BCUT2D eigenvalue weighted by Crippen LogP contribution is -2.59. The lowest BCUT2D eigenvalue weighted by atomic mass is 9.72. The minimum absolute atomic E-state index is 0.0427. The Kier molecular flexibility index (Phi) is 4.74. The van der Waals surface area contributed by atoms with E-state index in [4.69, 9.17) is 4.74 Å². The van der Waals surface area contributed by atoms with Crippen molar-refractivity contribution in [2.75, 3.05) is 34.2 Å². The van der Waals surface area contributed by atoms with E-state index in [0.717, 1.165) is 25.1 Å². The van der Waals surface area contributed by atoms with Crippen LogP contribution < -0.4 is 0 Å². The van der Waals surface area contributed by atoms with Crippen molar-refractivity contribution in [2.45, 2.75) is 31.9 Å². The van der Waals surface area contributed by atoms with Crippen LogP contribution in [0.2, 0.25) is 0 Å². The molecule has 3 rings (SSSR count). The van der Waals surface area contributed by atoms with Crippen molar-refractivity contribution in [2.24, 2.45) is 11.8 Å². The third-order valence-corrected chi connectivity index (χ3v) is 5.48. The first-order valence-corrected chi connectivity index (χ1v) is 8.58. The van der Waals surface area contributed by atoms with Crippen LogP contribution in [-0.2, 0) is 4.74 Å². The SMILES string of the molecule is Cc1ccc(C(=O)O[C@@H]2C3CC[C@@H](N(C)C)C2CN(C)C3)cc1. The first-order chi connectivity index (χ1) is 11.0. The predicted octanol–water partition coefficient (Wildman–Crippen LogP) is 2.42. The molecule has 4 nitrogen and oxygen atoms in total. The zero-order valence-electron chi connectivity index (χ0n) is 14.7. The van der Waals surface area contributed by atoms with Crippen LogP contribution in [0.15, 0.2) is 24.3 Å². The molecule has 1 aliphatic heterocycles. The Hall–Kier alpha value is -1.39. The molecule has 0 aromatic heterocycles. The fourth-order valence-electron chi connectivity index (χ4n) is 4.29. The Morgan fingerprint density at radius 3 is 2.52 bits per heavy atom. The molecule has 1 saturated heterocycles. The molecule has 1 saturated carbocycles. The van der Waals surface area contributed by atoms with Gasteiger partial charge in [0.25, 0.3) is 0 Å². The summed E-state index contributed by atoms with van der Waals surface area (Å²) in [7, 11) is 6.45. The number of fused-ring (bicyclic) bond motifs is 2. The van der Waals surface area contributed by atoms with Gasteiger partial charge in [-0.1, -0.05) is 17.7 Å². The minimum Gasteiger partial charge on any atom is -0.458 e. The fourth-order valence-corrected chi connectivity index (χ4v) is 4.29. The van der Waals surface area contributed by atoms with E-state index in [-0.39, 0.29) is 12.1 Å². The van der Waals surface area contributed by atoms with Crippen molar-refractivity contribution in [3.8, 4) is 0 Å². The molecule has 0 spiro atoms. The van der Waals surface area contributed by atoms with Crippen molar-refractivity contribution in [1.82, 2.24) is 9.80 Å². The van der Waals surface area contributed by atoms with Gasteiger partial charge in [-0.2, -0.15) is 0 Å². The average molecular weight is 316 g/mol. The predicted molar refractivity (Wildman–Crippen MR) is 91.6 cm³/mol. The van der Waals surface area contributed by atoms with E-state index >= 15 is 0 Å². The van der Waals surface area contributed by atoms with Gasteiger partial charge in [0.1, 0.15) is 6.10 Å². The van der Waals surface area contributed by atoms with Gasteiger partial charge in [-0.3, -0.25) is 0 Å². The number of ether oxygens (including phenoxy) is 1. The number of carbonyl (C=O) groups is 1. The zero-order chi connectivity index (χ0) is 16.6. The minimum atomic E-state index is -0.172. The Balaban J connectivity index is 1.77. The van der Waals surface area contributed by atoms with Crippen molar-refractivity contribution >= 4 is 5.97 Å².